The molecule has 0 aliphatic heterocycles. The number of thioether (sulfide) groups is 1. The number of nitrogens with one attached hydrogen (secondary N) is 1. The lowest BCUT2D eigenvalue weighted by Crippen LogP contribution is -2.20. The number of hydrogen-bond donors (Lipinski definition) is 1. The molecule has 0 aliphatic rings. The van der Waals surface area contributed by atoms with Gasteiger partial charge in [0.25, 0.3) is 5.56 Å². The minimum atomic E-state index is -0.121. The third-order valence-corrected chi connectivity index (χ3v) is 5.48. The van der Waals surface area contributed by atoms with Crippen LogP contribution in [0.5, 0.6) is 0 Å². The van der Waals surface area contributed by atoms with Crippen LogP contribution in [0.25, 0.3) is 10.2 Å². The topological polar surface area (TPSA) is 64.0 Å². The zero-order valence-electron chi connectivity index (χ0n) is 13.4. The van der Waals surface area contributed by atoms with Gasteiger partial charge in [0.15, 0.2) is 5.16 Å². The Morgan fingerprint density at radius 2 is 2.04 bits per heavy atom. The Hall–Kier alpha value is -2.12. The summed E-state index contributed by atoms with van der Waals surface area (Å²) >= 11 is 2.69. The van der Waals surface area contributed by atoms with Crippen molar-refractivity contribution < 1.29 is 4.79 Å². The molecule has 0 saturated carbocycles. The molecule has 0 bridgehead atoms. The number of anilines is 1. The van der Waals surface area contributed by atoms with E-state index in [1.807, 2.05) is 29.6 Å². The van der Waals surface area contributed by atoms with Gasteiger partial charge in [0.2, 0.25) is 5.91 Å². The van der Waals surface area contributed by atoms with Gasteiger partial charge in [-0.15, -0.1) is 11.3 Å². The van der Waals surface area contributed by atoms with Gasteiger partial charge < -0.3 is 5.32 Å². The Balaban J connectivity index is 1.67. The monoisotopic (exact) mass is 359 g/mol. The molecule has 0 saturated heterocycles. The molecule has 2 aromatic heterocycles. The molecular weight excluding hydrogens is 342 g/mol. The van der Waals surface area contributed by atoms with Crippen molar-refractivity contribution in [3.63, 3.8) is 0 Å². The molecular formula is C17H17N3O2S2. The molecule has 1 N–H and O–H groups in total. The van der Waals surface area contributed by atoms with Crippen LogP contribution < -0.4 is 10.9 Å². The predicted molar refractivity (Wildman–Crippen MR) is 100 cm³/mol. The number of rotatable bonds is 5. The molecule has 1 aromatic carbocycles. The second-order valence-electron chi connectivity index (χ2n) is 5.29. The molecule has 5 nitrogen and oxygen atoms in total. The van der Waals surface area contributed by atoms with E-state index >= 15 is 0 Å². The zero-order valence-corrected chi connectivity index (χ0v) is 15.0. The van der Waals surface area contributed by atoms with E-state index in [9.17, 15) is 9.59 Å². The average molecular weight is 359 g/mol. The molecule has 124 valence electrons. The molecule has 7 heteroatoms. The van der Waals surface area contributed by atoms with Crippen LogP contribution in [0.4, 0.5) is 5.69 Å². The van der Waals surface area contributed by atoms with Crippen LogP contribution in [0.15, 0.2) is 45.7 Å². The summed E-state index contributed by atoms with van der Waals surface area (Å²) in [4.78, 5) is 29.5. The largest absolute Gasteiger partial charge is 0.325 e. The molecule has 1 amide bonds. The zero-order chi connectivity index (χ0) is 17.1. The normalized spacial score (nSPS) is 10.9. The lowest BCUT2D eigenvalue weighted by Gasteiger charge is -2.08. The Bertz CT molecular complexity index is 929. The summed E-state index contributed by atoms with van der Waals surface area (Å²) < 4.78 is 1.49. The van der Waals surface area contributed by atoms with Crippen LogP contribution in [-0.2, 0) is 18.3 Å². The summed E-state index contributed by atoms with van der Waals surface area (Å²) in [5, 5.41) is 5.87. The summed E-state index contributed by atoms with van der Waals surface area (Å²) in [5.41, 5.74) is 1.92. The third-order valence-electron chi connectivity index (χ3n) is 3.64. The van der Waals surface area contributed by atoms with Crippen LogP contribution >= 0.6 is 23.1 Å². The fraction of sp³-hybridized carbons (Fsp3) is 0.235. The number of carbonyl (C=O) groups excluding carboxylic acids is 1. The van der Waals surface area contributed by atoms with Gasteiger partial charge in [-0.05, 0) is 35.6 Å². The van der Waals surface area contributed by atoms with E-state index in [2.05, 4.69) is 17.2 Å². The highest BCUT2D eigenvalue weighted by Crippen LogP contribution is 2.20. The number of hydrogen-bond acceptors (Lipinski definition) is 5. The highest BCUT2D eigenvalue weighted by atomic mass is 32.2. The number of benzene rings is 1. The minimum absolute atomic E-state index is 0.0840. The molecule has 0 spiro atoms. The van der Waals surface area contributed by atoms with Gasteiger partial charge in [0.1, 0.15) is 4.83 Å². The van der Waals surface area contributed by atoms with Crippen molar-refractivity contribution in [2.24, 2.45) is 7.05 Å². The first-order valence-corrected chi connectivity index (χ1v) is 9.41. The van der Waals surface area contributed by atoms with E-state index < -0.39 is 0 Å². The molecule has 3 rings (SSSR count). The van der Waals surface area contributed by atoms with Gasteiger partial charge in [-0.3, -0.25) is 14.2 Å². The first-order chi connectivity index (χ1) is 11.6. The Kier molecular flexibility index (Phi) is 5.01. The van der Waals surface area contributed by atoms with E-state index in [0.29, 0.717) is 15.4 Å². The van der Waals surface area contributed by atoms with Crippen LogP contribution in [0, 0.1) is 0 Å². The lowest BCUT2D eigenvalue weighted by molar-refractivity contribution is -0.113. The van der Waals surface area contributed by atoms with Crippen LogP contribution in [0.1, 0.15) is 12.5 Å². The number of nitrogens with zero attached hydrogens (tertiary/aromatic N) is 2. The highest BCUT2D eigenvalue weighted by Gasteiger charge is 2.11. The van der Waals surface area contributed by atoms with Crippen molar-refractivity contribution in [1.29, 1.82) is 0 Å². The number of fused-ring (bicyclic) bond motifs is 1. The van der Waals surface area contributed by atoms with Gasteiger partial charge in [0.05, 0.1) is 11.1 Å². The molecule has 24 heavy (non-hydrogen) atoms. The summed E-state index contributed by atoms with van der Waals surface area (Å²) in [7, 11) is 1.68. The number of thiophene rings is 1. The summed E-state index contributed by atoms with van der Waals surface area (Å²) in [6.45, 7) is 2.09. The second kappa shape index (κ2) is 7.19. The Morgan fingerprint density at radius 1 is 1.29 bits per heavy atom. The molecule has 0 unspecified atom stereocenters. The first kappa shape index (κ1) is 16.7. The van der Waals surface area contributed by atoms with Crippen molar-refractivity contribution in [2.75, 3.05) is 11.1 Å². The first-order valence-electron chi connectivity index (χ1n) is 7.54. The van der Waals surface area contributed by atoms with E-state index in [-0.39, 0.29) is 17.2 Å². The van der Waals surface area contributed by atoms with E-state index in [4.69, 9.17) is 0 Å². The van der Waals surface area contributed by atoms with Crippen molar-refractivity contribution in [2.45, 2.75) is 18.5 Å². The van der Waals surface area contributed by atoms with Gasteiger partial charge >= 0.3 is 0 Å². The fourth-order valence-corrected chi connectivity index (χ4v) is 3.84. The van der Waals surface area contributed by atoms with Crippen LogP contribution in [0.2, 0.25) is 0 Å². The molecule has 0 atom stereocenters. The van der Waals surface area contributed by atoms with Crippen LogP contribution in [0.3, 0.4) is 0 Å². The minimum Gasteiger partial charge on any atom is -0.325 e. The molecule has 0 fully saturated rings. The molecule has 0 radical (unpaired) electrons. The van der Waals surface area contributed by atoms with Gasteiger partial charge in [-0.1, -0.05) is 30.8 Å². The second-order valence-corrected chi connectivity index (χ2v) is 7.12. The maximum atomic E-state index is 12.2. The average Bonchev–Trinajstić information content (AvgIpc) is 3.06. The fourth-order valence-electron chi connectivity index (χ4n) is 2.26. The van der Waals surface area contributed by atoms with Crippen LogP contribution in [-0.4, -0.2) is 21.2 Å². The maximum Gasteiger partial charge on any atom is 0.262 e. The maximum absolute atomic E-state index is 12.2. The summed E-state index contributed by atoms with van der Waals surface area (Å²) in [6, 6.07) is 9.56. The molecule has 3 aromatic rings. The van der Waals surface area contributed by atoms with E-state index in [1.165, 1.54) is 33.2 Å². The lowest BCUT2D eigenvalue weighted by atomic mass is 10.1. The van der Waals surface area contributed by atoms with Crippen molar-refractivity contribution in [1.82, 2.24) is 9.55 Å². The number of amides is 1. The Morgan fingerprint density at radius 3 is 2.75 bits per heavy atom. The Labute approximate surface area is 147 Å². The number of carbonyl (C=O) groups is 1. The molecule has 2 heterocycles. The van der Waals surface area contributed by atoms with Crippen molar-refractivity contribution in [3.8, 4) is 0 Å². The third kappa shape index (κ3) is 3.52. The highest BCUT2D eigenvalue weighted by molar-refractivity contribution is 7.99. The van der Waals surface area contributed by atoms with Crippen molar-refractivity contribution >= 4 is 44.9 Å². The standard InChI is InChI=1S/C17H17N3O2S2/c1-3-11-4-6-12(7-5-11)18-14(21)10-24-17-19-15-13(8-9-23-15)16(22)20(17)2/h4-9H,3,10H2,1-2H3,(H,18,21). The van der Waals surface area contributed by atoms with Crippen molar-refractivity contribution in [3.05, 3.63) is 51.6 Å². The molecule has 0 aliphatic carbocycles. The van der Waals surface area contributed by atoms with E-state index in [0.717, 1.165) is 12.1 Å². The van der Waals surface area contributed by atoms with Gasteiger partial charge in [-0.2, -0.15) is 0 Å². The summed E-state index contributed by atoms with van der Waals surface area (Å²) in [6.07, 6.45) is 0.967. The van der Waals surface area contributed by atoms with Gasteiger partial charge in [-0.25, -0.2) is 4.98 Å². The smallest absolute Gasteiger partial charge is 0.262 e. The summed E-state index contributed by atoms with van der Waals surface area (Å²) in [5.74, 6) is 0.0805. The van der Waals surface area contributed by atoms with E-state index in [1.54, 1.807) is 13.1 Å². The number of aromatic nitrogens is 2. The number of aryl methyl sites for hydroxylation is 1. The quantitative estimate of drug-likeness (QED) is 0.561. The predicted octanol–water partition coefficient (Wildman–Crippen LogP) is 3.29. The van der Waals surface area contributed by atoms with Gasteiger partial charge in [0, 0.05) is 12.7 Å². The SMILES string of the molecule is CCc1ccc(NC(=O)CSc2nc3sccc3c(=O)n2C)cc1.